The van der Waals surface area contributed by atoms with Crippen molar-refractivity contribution >= 4 is 18.0 Å². The van der Waals surface area contributed by atoms with E-state index in [2.05, 4.69) is 10.6 Å². The molecule has 8 heteroatoms. The Hall–Kier alpha value is -1.99. The van der Waals surface area contributed by atoms with Gasteiger partial charge in [-0.1, -0.05) is 6.92 Å². The Morgan fingerprint density at radius 1 is 1.05 bits per heavy atom. The van der Waals surface area contributed by atoms with Crippen LogP contribution in [0.4, 0.5) is 9.59 Å². The first-order chi connectivity index (χ1) is 8.88. The van der Waals surface area contributed by atoms with Gasteiger partial charge in [-0.2, -0.15) is 0 Å². The van der Waals surface area contributed by atoms with Gasteiger partial charge in [0.1, 0.15) is 6.54 Å². The number of amides is 4. The summed E-state index contributed by atoms with van der Waals surface area (Å²) in [6.07, 6.45) is 0.679. The molecular formula is C11H22N4O4. The highest BCUT2D eigenvalue weighted by atomic mass is 16.4. The molecule has 0 fully saturated rings. The Morgan fingerprint density at radius 2 is 1.58 bits per heavy atom. The lowest BCUT2D eigenvalue weighted by Gasteiger charge is -2.20. The van der Waals surface area contributed by atoms with Crippen LogP contribution in [0.15, 0.2) is 0 Å². The minimum atomic E-state index is -1.05. The summed E-state index contributed by atoms with van der Waals surface area (Å²) in [7, 11) is 3.23. The summed E-state index contributed by atoms with van der Waals surface area (Å²) in [6.45, 7) is 2.44. The molecule has 3 N–H and O–H groups in total. The van der Waals surface area contributed by atoms with Gasteiger partial charge in [-0.3, -0.25) is 4.79 Å². The van der Waals surface area contributed by atoms with E-state index in [0.717, 1.165) is 0 Å². The average molecular weight is 274 g/mol. The maximum atomic E-state index is 11.7. The van der Waals surface area contributed by atoms with Gasteiger partial charge in [0.2, 0.25) is 0 Å². The molecule has 4 amide bonds. The van der Waals surface area contributed by atoms with Crippen LogP contribution in [-0.2, 0) is 4.79 Å². The number of nitrogens with zero attached hydrogens (tertiary/aromatic N) is 2. The fourth-order valence-corrected chi connectivity index (χ4v) is 1.29. The molecule has 0 atom stereocenters. The zero-order chi connectivity index (χ0) is 14.8. The molecule has 0 unspecified atom stereocenters. The highest BCUT2D eigenvalue weighted by Crippen LogP contribution is 1.92. The van der Waals surface area contributed by atoms with E-state index >= 15 is 0 Å². The van der Waals surface area contributed by atoms with E-state index in [4.69, 9.17) is 5.11 Å². The smallest absolute Gasteiger partial charge is 0.323 e. The molecule has 0 rings (SSSR count). The van der Waals surface area contributed by atoms with Gasteiger partial charge in [-0.15, -0.1) is 0 Å². The summed E-state index contributed by atoms with van der Waals surface area (Å²) < 4.78 is 0. The summed E-state index contributed by atoms with van der Waals surface area (Å²) in [6, 6.07) is -0.687. The van der Waals surface area contributed by atoms with Gasteiger partial charge in [0.05, 0.1) is 0 Å². The van der Waals surface area contributed by atoms with Crippen molar-refractivity contribution in [2.75, 3.05) is 40.3 Å². The second kappa shape index (κ2) is 9.01. The summed E-state index contributed by atoms with van der Waals surface area (Å²) in [5.41, 5.74) is 0. The third-order valence-corrected chi connectivity index (χ3v) is 2.19. The van der Waals surface area contributed by atoms with Crippen LogP contribution in [0, 0.1) is 0 Å². The monoisotopic (exact) mass is 274 g/mol. The second-order valence-corrected chi connectivity index (χ2v) is 4.17. The van der Waals surface area contributed by atoms with Crippen molar-refractivity contribution in [2.45, 2.75) is 13.3 Å². The number of carboxylic acid groups (broad SMARTS) is 1. The van der Waals surface area contributed by atoms with Crippen LogP contribution >= 0.6 is 0 Å². The van der Waals surface area contributed by atoms with E-state index in [1.54, 1.807) is 14.1 Å². The van der Waals surface area contributed by atoms with Crippen molar-refractivity contribution in [3.05, 3.63) is 0 Å². The van der Waals surface area contributed by atoms with Gasteiger partial charge in [-0.25, -0.2) is 9.59 Å². The molecule has 0 aliphatic carbocycles. The van der Waals surface area contributed by atoms with Crippen molar-refractivity contribution in [3.63, 3.8) is 0 Å². The maximum Gasteiger partial charge on any atom is 0.323 e. The number of hydrogen-bond donors (Lipinski definition) is 3. The van der Waals surface area contributed by atoms with E-state index in [1.165, 1.54) is 9.80 Å². The minimum absolute atomic E-state index is 0.245. The van der Waals surface area contributed by atoms with Crippen molar-refractivity contribution in [3.8, 4) is 0 Å². The Kier molecular flexibility index (Phi) is 8.07. The molecule has 0 aromatic carbocycles. The first kappa shape index (κ1) is 17.0. The number of aliphatic carboxylic acids is 1. The highest BCUT2D eigenvalue weighted by molar-refractivity contribution is 5.80. The van der Waals surface area contributed by atoms with Crippen LogP contribution in [0.2, 0.25) is 0 Å². The van der Waals surface area contributed by atoms with E-state index in [1.807, 2.05) is 6.92 Å². The SMILES string of the molecule is CCCN(CC(=O)O)C(=O)NCCNC(=O)N(C)C. The molecule has 0 radical (unpaired) electrons. The molecule has 8 nitrogen and oxygen atoms in total. The van der Waals surface area contributed by atoms with Crippen molar-refractivity contribution in [2.24, 2.45) is 0 Å². The molecule has 0 aliphatic heterocycles. The molecule has 0 spiro atoms. The molecular weight excluding hydrogens is 252 g/mol. The van der Waals surface area contributed by atoms with Gasteiger partial charge in [0.25, 0.3) is 0 Å². The molecule has 0 bridgehead atoms. The van der Waals surface area contributed by atoms with E-state index in [-0.39, 0.29) is 25.7 Å². The molecule has 0 aliphatic rings. The number of carbonyl (C=O) groups excluding carboxylic acids is 2. The van der Waals surface area contributed by atoms with E-state index in [0.29, 0.717) is 13.0 Å². The number of hydrogen-bond acceptors (Lipinski definition) is 3. The normalized spacial score (nSPS) is 9.63. The lowest BCUT2D eigenvalue weighted by molar-refractivity contribution is -0.137. The Bertz CT molecular complexity index is 320. The van der Waals surface area contributed by atoms with Gasteiger partial charge in [0.15, 0.2) is 0 Å². The van der Waals surface area contributed by atoms with E-state index in [9.17, 15) is 14.4 Å². The standard InChI is InChI=1S/C11H22N4O4/c1-4-7-15(8-9(16)17)11(19)13-6-5-12-10(18)14(2)3/h4-8H2,1-3H3,(H,12,18)(H,13,19)(H,16,17). The quantitative estimate of drug-likeness (QED) is 0.558. The average Bonchev–Trinajstić information content (AvgIpc) is 2.32. The summed E-state index contributed by atoms with van der Waals surface area (Å²) >= 11 is 0. The first-order valence-corrected chi connectivity index (χ1v) is 6.08. The first-order valence-electron chi connectivity index (χ1n) is 6.08. The molecule has 19 heavy (non-hydrogen) atoms. The van der Waals surface area contributed by atoms with Crippen LogP contribution in [0.1, 0.15) is 13.3 Å². The zero-order valence-electron chi connectivity index (χ0n) is 11.6. The minimum Gasteiger partial charge on any atom is -0.480 e. The van der Waals surface area contributed by atoms with Crippen molar-refractivity contribution < 1.29 is 19.5 Å². The second-order valence-electron chi connectivity index (χ2n) is 4.17. The lowest BCUT2D eigenvalue weighted by atomic mass is 10.4. The maximum absolute atomic E-state index is 11.7. The van der Waals surface area contributed by atoms with Crippen LogP contribution in [0.3, 0.4) is 0 Å². The number of urea groups is 2. The van der Waals surface area contributed by atoms with Crippen LogP contribution in [0.25, 0.3) is 0 Å². The van der Waals surface area contributed by atoms with Crippen molar-refractivity contribution in [1.82, 2.24) is 20.4 Å². The largest absolute Gasteiger partial charge is 0.480 e. The third-order valence-electron chi connectivity index (χ3n) is 2.19. The number of rotatable bonds is 7. The Balaban J connectivity index is 3.99. The lowest BCUT2D eigenvalue weighted by Crippen LogP contribution is -2.46. The number of carboxylic acids is 1. The van der Waals surface area contributed by atoms with E-state index < -0.39 is 12.0 Å². The number of carbonyl (C=O) groups is 3. The molecule has 110 valence electrons. The Morgan fingerprint density at radius 3 is 2.00 bits per heavy atom. The van der Waals surface area contributed by atoms with Gasteiger partial charge < -0.3 is 25.5 Å². The van der Waals surface area contributed by atoms with Gasteiger partial charge >= 0.3 is 18.0 Å². The van der Waals surface area contributed by atoms with Crippen molar-refractivity contribution in [1.29, 1.82) is 0 Å². The van der Waals surface area contributed by atoms with Crippen LogP contribution in [-0.4, -0.2) is 73.2 Å². The fraction of sp³-hybridized carbons (Fsp3) is 0.727. The topological polar surface area (TPSA) is 102 Å². The fourth-order valence-electron chi connectivity index (χ4n) is 1.29. The molecule has 0 saturated carbocycles. The molecule has 0 heterocycles. The number of nitrogens with one attached hydrogen (secondary N) is 2. The van der Waals surface area contributed by atoms with Crippen LogP contribution in [0.5, 0.6) is 0 Å². The Labute approximate surface area is 112 Å². The molecule has 0 aromatic heterocycles. The summed E-state index contributed by atoms with van der Waals surface area (Å²) in [5.74, 6) is -1.05. The summed E-state index contributed by atoms with van der Waals surface area (Å²) in [4.78, 5) is 36.1. The predicted octanol–water partition coefficient (Wildman–Crippen LogP) is -0.236. The molecule has 0 saturated heterocycles. The zero-order valence-corrected chi connectivity index (χ0v) is 11.6. The van der Waals surface area contributed by atoms with Gasteiger partial charge in [-0.05, 0) is 6.42 Å². The predicted molar refractivity (Wildman–Crippen MR) is 70.0 cm³/mol. The molecule has 0 aromatic rings. The third kappa shape index (κ3) is 7.85. The van der Waals surface area contributed by atoms with Crippen LogP contribution < -0.4 is 10.6 Å². The van der Waals surface area contributed by atoms with Gasteiger partial charge in [0, 0.05) is 33.7 Å². The highest BCUT2D eigenvalue weighted by Gasteiger charge is 2.15. The summed E-state index contributed by atoms with van der Waals surface area (Å²) in [5, 5.41) is 13.8.